The van der Waals surface area contributed by atoms with Crippen molar-refractivity contribution in [3.05, 3.63) is 66.2 Å². The summed E-state index contributed by atoms with van der Waals surface area (Å²) in [6, 6.07) is 16.2. The van der Waals surface area contributed by atoms with Gasteiger partial charge in [-0.15, -0.1) is 0 Å². The maximum Gasteiger partial charge on any atom is 0.326 e. The Morgan fingerprint density at radius 3 is 2.13 bits per heavy atom. The summed E-state index contributed by atoms with van der Waals surface area (Å²) in [4.78, 5) is 24.0. The molecule has 5 nitrogen and oxygen atoms in total. The van der Waals surface area contributed by atoms with Crippen molar-refractivity contribution in [3.8, 4) is 0 Å². The number of hydrogen-bond donors (Lipinski definition) is 2. The SMILES string of the molecule is O=C(N[C@H](CC[S@](=O)c1ccccc1)C(=O)O)c1ccccc1. The quantitative estimate of drug-likeness (QED) is 0.813. The molecule has 23 heavy (non-hydrogen) atoms. The van der Waals surface area contributed by atoms with Gasteiger partial charge in [-0.1, -0.05) is 36.4 Å². The number of nitrogens with one attached hydrogen (secondary N) is 1. The van der Waals surface area contributed by atoms with Crippen molar-refractivity contribution in [1.82, 2.24) is 5.32 Å². The average molecular weight is 331 g/mol. The van der Waals surface area contributed by atoms with E-state index in [4.69, 9.17) is 0 Å². The fraction of sp³-hybridized carbons (Fsp3) is 0.176. The molecule has 0 aromatic heterocycles. The molecule has 0 aliphatic rings. The van der Waals surface area contributed by atoms with Gasteiger partial charge in [-0.3, -0.25) is 9.00 Å². The predicted octanol–water partition coefficient (Wildman–Crippen LogP) is 2.07. The molecule has 2 N–H and O–H groups in total. The number of carbonyl (C=O) groups is 2. The van der Waals surface area contributed by atoms with E-state index in [1.807, 2.05) is 6.07 Å². The maximum absolute atomic E-state index is 12.1. The van der Waals surface area contributed by atoms with Gasteiger partial charge < -0.3 is 10.4 Å². The van der Waals surface area contributed by atoms with Crippen LogP contribution in [0.4, 0.5) is 0 Å². The third-order valence-electron chi connectivity index (χ3n) is 3.24. The minimum atomic E-state index is -1.29. The summed E-state index contributed by atoms with van der Waals surface area (Å²) < 4.78 is 12.1. The van der Waals surface area contributed by atoms with Crippen molar-refractivity contribution in [1.29, 1.82) is 0 Å². The largest absolute Gasteiger partial charge is 0.480 e. The summed E-state index contributed by atoms with van der Waals surface area (Å²) in [7, 11) is -1.29. The molecule has 2 aromatic rings. The molecule has 0 heterocycles. The van der Waals surface area contributed by atoms with Crippen LogP contribution in [0.1, 0.15) is 16.8 Å². The van der Waals surface area contributed by atoms with Crippen LogP contribution in [0.3, 0.4) is 0 Å². The number of carboxylic acids is 1. The first kappa shape index (κ1) is 16.9. The minimum absolute atomic E-state index is 0.0927. The predicted molar refractivity (Wildman–Crippen MR) is 87.7 cm³/mol. The average Bonchev–Trinajstić information content (AvgIpc) is 2.59. The second kappa shape index (κ2) is 8.24. The van der Waals surface area contributed by atoms with E-state index in [9.17, 15) is 18.9 Å². The second-order valence-electron chi connectivity index (χ2n) is 4.88. The molecular weight excluding hydrogens is 314 g/mol. The highest BCUT2D eigenvalue weighted by Crippen LogP contribution is 2.08. The van der Waals surface area contributed by atoms with Gasteiger partial charge >= 0.3 is 5.97 Å². The van der Waals surface area contributed by atoms with Crippen LogP contribution in [0, 0.1) is 0 Å². The maximum atomic E-state index is 12.1. The first-order valence-corrected chi connectivity index (χ1v) is 8.42. The lowest BCUT2D eigenvalue weighted by atomic mass is 10.1. The van der Waals surface area contributed by atoms with Crippen molar-refractivity contribution < 1.29 is 18.9 Å². The first-order valence-electron chi connectivity index (χ1n) is 7.10. The zero-order valence-electron chi connectivity index (χ0n) is 12.3. The van der Waals surface area contributed by atoms with Crippen LogP contribution in [0.25, 0.3) is 0 Å². The van der Waals surface area contributed by atoms with Crippen LogP contribution in [0.2, 0.25) is 0 Å². The molecule has 0 saturated carbocycles. The number of amides is 1. The highest BCUT2D eigenvalue weighted by Gasteiger charge is 2.21. The van der Waals surface area contributed by atoms with Crippen LogP contribution in [-0.2, 0) is 15.6 Å². The Hall–Kier alpha value is -2.47. The van der Waals surface area contributed by atoms with E-state index in [1.165, 1.54) is 0 Å². The molecule has 0 radical (unpaired) electrons. The molecule has 2 aromatic carbocycles. The Kier molecular flexibility index (Phi) is 6.05. The molecular formula is C17H17NO4S. The van der Waals surface area contributed by atoms with Crippen molar-refractivity contribution in [2.75, 3.05) is 5.75 Å². The molecule has 120 valence electrons. The normalized spacial score (nSPS) is 13.0. The molecule has 0 saturated heterocycles. The smallest absolute Gasteiger partial charge is 0.326 e. The van der Waals surface area contributed by atoms with E-state index in [-0.39, 0.29) is 12.2 Å². The molecule has 0 spiro atoms. The molecule has 2 atom stereocenters. The lowest BCUT2D eigenvalue weighted by Crippen LogP contribution is -2.41. The number of benzene rings is 2. The zero-order valence-corrected chi connectivity index (χ0v) is 13.2. The summed E-state index contributed by atoms with van der Waals surface area (Å²) in [5.74, 6) is -1.43. The third-order valence-corrected chi connectivity index (χ3v) is 4.64. The summed E-state index contributed by atoms with van der Waals surface area (Å²) in [6.07, 6.45) is 0.0927. The Morgan fingerprint density at radius 1 is 1.00 bits per heavy atom. The van der Waals surface area contributed by atoms with E-state index < -0.39 is 28.7 Å². The number of rotatable bonds is 7. The van der Waals surface area contributed by atoms with Crippen LogP contribution in [-0.4, -0.2) is 33.0 Å². The Morgan fingerprint density at radius 2 is 1.57 bits per heavy atom. The van der Waals surface area contributed by atoms with Gasteiger partial charge in [0.05, 0.1) is 10.8 Å². The molecule has 0 fully saturated rings. The molecule has 0 aliphatic carbocycles. The zero-order chi connectivity index (χ0) is 16.7. The van der Waals surface area contributed by atoms with Gasteiger partial charge in [-0.2, -0.15) is 0 Å². The van der Waals surface area contributed by atoms with Crippen LogP contribution < -0.4 is 5.32 Å². The van der Waals surface area contributed by atoms with Gasteiger partial charge in [0.15, 0.2) is 0 Å². The van der Waals surface area contributed by atoms with Crippen LogP contribution in [0.15, 0.2) is 65.6 Å². The lowest BCUT2D eigenvalue weighted by Gasteiger charge is -2.14. The fourth-order valence-electron chi connectivity index (χ4n) is 2.00. The topological polar surface area (TPSA) is 83.5 Å². The van der Waals surface area contributed by atoms with Gasteiger partial charge in [-0.05, 0) is 30.7 Å². The van der Waals surface area contributed by atoms with Crippen molar-refractivity contribution in [2.24, 2.45) is 0 Å². The summed E-state index contributed by atoms with van der Waals surface area (Å²) in [5.41, 5.74) is 0.392. The monoisotopic (exact) mass is 331 g/mol. The van der Waals surface area contributed by atoms with Gasteiger partial charge in [0.25, 0.3) is 5.91 Å². The molecule has 0 aliphatic heterocycles. The Labute approximate surface area is 136 Å². The number of aliphatic carboxylic acids is 1. The van der Waals surface area contributed by atoms with E-state index in [0.29, 0.717) is 10.5 Å². The summed E-state index contributed by atoms with van der Waals surface area (Å²) >= 11 is 0. The standard InChI is InChI=1S/C17H17NO4S/c19-16(13-7-3-1-4-8-13)18-15(17(20)21)11-12-23(22)14-9-5-2-6-10-14/h1-10,15H,11-12H2,(H,18,19)(H,20,21)/t15-,23+/m1/s1. The molecule has 2 rings (SSSR count). The highest BCUT2D eigenvalue weighted by atomic mass is 32.2. The van der Waals surface area contributed by atoms with E-state index in [1.54, 1.807) is 54.6 Å². The van der Waals surface area contributed by atoms with Crippen LogP contribution in [0.5, 0.6) is 0 Å². The lowest BCUT2D eigenvalue weighted by molar-refractivity contribution is -0.139. The highest BCUT2D eigenvalue weighted by molar-refractivity contribution is 7.85. The molecule has 0 bridgehead atoms. The number of hydrogen-bond acceptors (Lipinski definition) is 3. The molecule has 6 heteroatoms. The van der Waals surface area contributed by atoms with Gasteiger partial charge in [0, 0.05) is 16.2 Å². The van der Waals surface area contributed by atoms with Gasteiger partial charge in [0.1, 0.15) is 6.04 Å². The van der Waals surface area contributed by atoms with Gasteiger partial charge in [0.2, 0.25) is 0 Å². The fourth-order valence-corrected chi connectivity index (χ4v) is 3.15. The first-order chi connectivity index (χ1) is 11.1. The second-order valence-corrected chi connectivity index (χ2v) is 6.45. The Balaban J connectivity index is 1.96. The number of carbonyl (C=O) groups excluding carboxylic acids is 1. The minimum Gasteiger partial charge on any atom is -0.480 e. The third kappa shape index (κ3) is 5.03. The van der Waals surface area contributed by atoms with E-state index >= 15 is 0 Å². The summed E-state index contributed by atoms with van der Waals surface area (Å²) in [5, 5.41) is 11.7. The molecule has 0 unspecified atom stereocenters. The Bertz CT molecular complexity index is 688. The van der Waals surface area contributed by atoms with E-state index in [2.05, 4.69) is 5.32 Å². The van der Waals surface area contributed by atoms with Crippen LogP contribution >= 0.6 is 0 Å². The van der Waals surface area contributed by atoms with Crippen molar-refractivity contribution in [2.45, 2.75) is 17.4 Å². The molecule has 1 amide bonds. The number of carboxylic acid groups (broad SMARTS) is 1. The van der Waals surface area contributed by atoms with E-state index in [0.717, 1.165) is 0 Å². The van der Waals surface area contributed by atoms with Crippen molar-refractivity contribution in [3.63, 3.8) is 0 Å². The van der Waals surface area contributed by atoms with Crippen molar-refractivity contribution >= 4 is 22.7 Å². The van der Waals surface area contributed by atoms with Gasteiger partial charge in [-0.25, -0.2) is 4.79 Å². The summed E-state index contributed by atoms with van der Waals surface area (Å²) in [6.45, 7) is 0.